The SMILES string of the molecule is C=CCOC12Oc3ccc(O)cc3C3C(CCCCO)C(CCCCO)C=C(C(=NOCc4ccccc4)CC1N(Cc1cccc4ccccc14)C(=O)OCCCCCCCCCCCC)C32. The highest BCUT2D eigenvalue weighted by molar-refractivity contribution is 6.03. The average molecular weight is 929 g/mol. The van der Waals surface area contributed by atoms with Crippen LogP contribution < -0.4 is 4.74 Å². The molecule has 4 aromatic carbocycles. The van der Waals surface area contributed by atoms with Crippen LogP contribution in [-0.4, -0.2) is 70.3 Å². The Kier molecular flexibility index (Phi) is 19.4. The normalized spacial score (nSPS) is 22.2. The van der Waals surface area contributed by atoms with Crippen LogP contribution in [0.15, 0.2) is 120 Å². The summed E-state index contributed by atoms with van der Waals surface area (Å²) < 4.78 is 20.9. The maximum absolute atomic E-state index is 15.2. The van der Waals surface area contributed by atoms with Crippen molar-refractivity contribution in [3.63, 3.8) is 0 Å². The fraction of sp³-hybridized carbons (Fsp3) is 0.517. The summed E-state index contributed by atoms with van der Waals surface area (Å²) in [6.45, 7) is 7.44. The van der Waals surface area contributed by atoms with Crippen LogP contribution in [0.1, 0.15) is 139 Å². The Hall–Kier alpha value is -5.16. The Morgan fingerprint density at radius 3 is 2.29 bits per heavy atom. The highest BCUT2D eigenvalue weighted by Crippen LogP contribution is 2.62. The zero-order chi connectivity index (χ0) is 47.6. The van der Waals surface area contributed by atoms with E-state index in [1.54, 1.807) is 12.1 Å². The highest BCUT2D eigenvalue weighted by atomic mass is 16.7. The van der Waals surface area contributed by atoms with Gasteiger partial charge in [-0.25, -0.2) is 4.79 Å². The minimum absolute atomic E-state index is 0.0326. The van der Waals surface area contributed by atoms with E-state index in [9.17, 15) is 15.3 Å². The van der Waals surface area contributed by atoms with E-state index in [0.29, 0.717) is 30.9 Å². The smallest absolute Gasteiger partial charge is 0.410 e. The molecule has 1 amide bonds. The third-order valence-corrected chi connectivity index (χ3v) is 14.5. The Morgan fingerprint density at radius 2 is 1.54 bits per heavy atom. The van der Waals surface area contributed by atoms with E-state index in [0.717, 1.165) is 78.0 Å². The molecule has 1 saturated carbocycles. The lowest BCUT2D eigenvalue weighted by molar-refractivity contribution is -0.256. The number of phenolic OH excluding ortho intramolecular Hbond substituents is 1. The standard InChI is InChI=1S/C58H76N2O8/c1-3-5-6-7-8-9-10-11-12-22-37-65-57(64)60(41-46-29-23-28-44-26-16-17-30-48(44)46)54-40-52(59-67-42-43-24-14-13-15-25-43)50-38-45(27-18-20-34-61)49(31-19-21-35-62)55-51-39-47(63)32-33-53(51)68-58(54,56(50)55)66-36-4-2/h4,13-17,23-26,28-30,32-33,38-39,45,49,54-56,61-63H,2-3,5-12,18-22,27,31,34-37,40-42H2,1H3. The first-order chi connectivity index (χ1) is 33.4. The third kappa shape index (κ3) is 12.5. The van der Waals surface area contributed by atoms with Crippen LogP contribution in [0.5, 0.6) is 11.5 Å². The van der Waals surface area contributed by atoms with Gasteiger partial charge in [-0.2, -0.15) is 0 Å². The molecule has 3 N–H and O–H groups in total. The summed E-state index contributed by atoms with van der Waals surface area (Å²) in [6.07, 6.45) is 20.2. The Balaban J connectivity index is 1.33. The number of allylic oxidation sites excluding steroid dienone is 1. The lowest BCUT2D eigenvalue weighted by atomic mass is 9.55. The van der Waals surface area contributed by atoms with Crippen LogP contribution in [0.2, 0.25) is 0 Å². The molecule has 1 fully saturated rings. The lowest BCUT2D eigenvalue weighted by Gasteiger charge is -2.59. The van der Waals surface area contributed by atoms with Gasteiger partial charge >= 0.3 is 6.09 Å². The van der Waals surface area contributed by atoms with Crippen molar-refractivity contribution < 1.29 is 39.2 Å². The molecule has 3 aliphatic rings. The number of benzene rings is 4. The fourth-order valence-electron chi connectivity index (χ4n) is 11.2. The second kappa shape index (κ2) is 26.0. The van der Waals surface area contributed by atoms with Crippen LogP contribution in [0.25, 0.3) is 10.8 Å². The molecule has 1 aliphatic heterocycles. The summed E-state index contributed by atoms with van der Waals surface area (Å²) in [7, 11) is 0. The molecule has 10 heteroatoms. The van der Waals surface area contributed by atoms with E-state index in [1.807, 2.05) is 65.6 Å². The molecule has 366 valence electrons. The quantitative estimate of drug-likeness (QED) is 0.0292. The van der Waals surface area contributed by atoms with Gasteiger partial charge in [-0.1, -0.05) is 168 Å². The van der Waals surface area contributed by atoms with Crippen molar-refractivity contribution in [3.8, 4) is 11.5 Å². The Bertz CT molecular complexity index is 2260. The van der Waals surface area contributed by atoms with Crippen LogP contribution in [0, 0.1) is 17.8 Å². The van der Waals surface area contributed by atoms with Crippen molar-refractivity contribution in [2.45, 2.75) is 147 Å². The van der Waals surface area contributed by atoms with E-state index < -0.39 is 23.8 Å². The largest absolute Gasteiger partial charge is 0.508 e. The minimum Gasteiger partial charge on any atom is -0.508 e. The highest BCUT2D eigenvalue weighted by Gasteiger charge is 2.65. The first-order valence-electron chi connectivity index (χ1n) is 25.8. The Morgan fingerprint density at radius 1 is 0.838 bits per heavy atom. The zero-order valence-corrected chi connectivity index (χ0v) is 40.4. The summed E-state index contributed by atoms with van der Waals surface area (Å²) in [5.74, 6) is -1.40. The van der Waals surface area contributed by atoms with E-state index in [1.165, 1.54) is 44.9 Å². The number of rotatable bonds is 28. The monoisotopic (exact) mass is 929 g/mol. The number of hydrogen-bond donors (Lipinski definition) is 3. The molecular formula is C58H76N2O8. The van der Waals surface area contributed by atoms with Gasteiger partial charge in [0.15, 0.2) is 0 Å². The Labute approximate surface area is 405 Å². The number of phenols is 1. The molecule has 4 aromatic rings. The van der Waals surface area contributed by atoms with Gasteiger partial charge in [0.1, 0.15) is 24.1 Å². The number of nitrogens with zero attached hydrogens (tertiary/aromatic N) is 2. The molecule has 1 heterocycles. The maximum atomic E-state index is 15.2. The number of hydrogen-bond acceptors (Lipinski definition) is 9. The molecule has 6 atom stereocenters. The van der Waals surface area contributed by atoms with E-state index in [2.05, 4.69) is 43.8 Å². The predicted molar refractivity (Wildman–Crippen MR) is 271 cm³/mol. The summed E-state index contributed by atoms with van der Waals surface area (Å²) in [5.41, 5.74) is 4.46. The van der Waals surface area contributed by atoms with Crippen molar-refractivity contribution in [2.75, 3.05) is 26.4 Å². The number of aromatic hydroxyl groups is 1. The van der Waals surface area contributed by atoms with Crippen molar-refractivity contribution in [1.82, 2.24) is 4.90 Å². The molecule has 0 bridgehead atoms. The van der Waals surface area contributed by atoms with Crippen molar-refractivity contribution in [2.24, 2.45) is 22.9 Å². The number of carbonyl (C=O) groups excluding carboxylic acids is 1. The summed E-state index contributed by atoms with van der Waals surface area (Å²) >= 11 is 0. The van der Waals surface area contributed by atoms with Crippen molar-refractivity contribution >= 4 is 22.6 Å². The fourth-order valence-corrected chi connectivity index (χ4v) is 11.2. The maximum Gasteiger partial charge on any atom is 0.410 e. The molecule has 6 unspecified atom stereocenters. The van der Waals surface area contributed by atoms with Crippen LogP contribution in [0.4, 0.5) is 4.79 Å². The number of amides is 1. The molecule has 0 saturated heterocycles. The first kappa shape index (κ1) is 50.7. The molecule has 68 heavy (non-hydrogen) atoms. The summed E-state index contributed by atoms with van der Waals surface area (Å²) in [6, 6.07) is 28.9. The van der Waals surface area contributed by atoms with Gasteiger partial charge in [0.05, 0.1) is 31.4 Å². The average Bonchev–Trinajstić information content (AvgIpc) is 3.36. The molecular weight excluding hydrogens is 853 g/mol. The van der Waals surface area contributed by atoms with Crippen molar-refractivity contribution in [3.05, 3.63) is 132 Å². The van der Waals surface area contributed by atoms with E-state index in [4.69, 9.17) is 24.2 Å². The van der Waals surface area contributed by atoms with Crippen LogP contribution >= 0.6 is 0 Å². The molecule has 2 aliphatic carbocycles. The molecule has 10 nitrogen and oxygen atoms in total. The van der Waals surface area contributed by atoms with Gasteiger partial charge in [-0.15, -0.1) is 6.58 Å². The molecule has 0 spiro atoms. The van der Waals surface area contributed by atoms with E-state index in [-0.39, 0.29) is 62.9 Å². The summed E-state index contributed by atoms with van der Waals surface area (Å²) in [5, 5.41) is 38.2. The number of unbranched alkanes of at least 4 members (excludes halogenated alkanes) is 11. The minimum atomic E-state index is -1.46. The number of carbonyl (C=O) groups is 1. The van der Waals surface area contributed by atoms with Gasteiger partial charge in [0, 0.05) is 31.1 Å². The number of aliphatic hydroxyl groups is 2. The molecule has 7 rings (SSSR count). The summed E-state index contributed by atoms with van der Waals surface area (Å²) in [4.78, 5) is 23.3. The number of ether oxygens (including phenoxy) is 3. The van der Waals surface area contributed by atoms with E-state index >= 15 is 4.79 Å². The van der Waals surface area contributed by atoms with Gasteiger partial charge in [-0.05, 0) is 89.6 Å². The number of fused-ring (bicyclic) bond motifs is 3. The van der Waals surface area contributed by atoms with Crippen LogP contribution in [0.3, 0.4) is 0 Å². The zero-order valence-electron chi connectivity index (χ0n) is 40.4. The lowest BCUT2D eigenvalue weighted by Crippen LogP contribution is -2.70. The number of aliphatic hydroxyl groups excluding tert-OH is 2. The molecule has 0 aromatic heterocycles. The molecule has 0 radical (unpaired) electrons. The second-order valence-electron chi connectivity index (χ2n) is 19.1. The third-order valence-electron chi connectivity index (χ3n) is 14.5. The number of oxime groups is 1. The van der Waals surface area contributed by atoms with Gasteiger partial charge in [0.25, 0.3) is 0 Å². The topological polar surface area (TPSA) is 130 Å². The van der Waals surface area contributed by atoms with Crippen molar-refractivity contribution in [1.29, 1.82) is 0 Å². The van der Waals surface area contributed by atoms with Gasteiger partial charge in [-0.3, -0.25) is 4.90 Å². The predicted octanol–water partition coefficient (Wildman–Crippen LogP) is 12.9. The van der Waals surface area contributed by atoms with Crippen LogP contribution in [-0.2, 0) is 27.5 Å². The van der Waals surface area contributed by atoms with Gasteiger partial charge in [0.2, 0.25) is 5.79 Å². The first-order valence-corrected chi connectivity index (χ1v) is 25.8. The second-order valence-corrected chi connectivity index (χ2v) is 19.1. The van der Waals surface area contributed by atoms with Gasteiger partial charge < -0.3 is 34.4 Å².